The van der Waals surface area contributed by atoms with Gasteiger partial charge in [0, 0.05) is 70.8 Å². The highest BCUT2D eigenvalue weighted by atomic mass is 32.1. The van der Waals surface area contributed by atoms with Crippen LogP contribution in [0.4, 0.5) is 5.69 Å². The van der Waals surface area contributed by atoms with Crippen molar-refractivity contribution in [3.8, 4) is 0 Å². The number of allylic oxidation sites excluding steroid dienone is 5. The van der Waals surface area contributed by atoms with Crippen LogP contribution in [0.2, 0.25) is 0 Å². The van der Waals surface area contributed by atoms with Gasteiger partial charge in [-0.25, -0.2) is 0 Å². The van der Waals surface area contributed by atoms with Crippen LogP contribution < -0.4 is 4.90 Å². The maximum Gasteiger partial charge on any atom is 0.266 e. The molecule has 7 nitrogen and oxygen atoms in total. The average Bonchev–Trinajstić information content (AvgIpc) is 2.82. The number of carbonyl (C=O) groups is 2. The van der Waals surface area contributed by atoms with Gasteiger partial charge < -0.3 is 14.7 Å². The van der Waals surface area contributed by atoms with E-state index in [-0.39, 0.29) is 22.5 Å². The highest BCUT2D eigenvalue weighted by Gasteiger charge is 2.40. The average molecular weight is 492 g/mol. The number of hydrogen-bond acceptors (Lipinski definition) is 6. The zero-order chi connectivity index (χ0) is 25.7. The summed E-state index contributed by atoms with van der Waals surface area (Å²) in [6.07, 6.45) is 11.6. The predicted octanol–water partition coefficient (Wildman–Crippen LogP) is 3.72. The van der Waals surface area contributed by atoms with Crippen LogP contribution in [0.25, 0.3) is 0 Å². The SMILES string of the molecule is CCN1C(=O)C(=C2C=C(/C=C/N(C)C)N(c3ccccc3)C(/C=C/N(C)C)=C2)C(=O)N(CC)C1=S. The Labute approximate surface area is 213 Å². The highest BCUT2D eigenvalue weighted by Crippen LogP contribution is 2.34. The first-order valence-corrected chi connectivity index (χ1v) is 12.0. The van der Waals surface area contributed by atoms with Crippen molar-refractivity contribution in [3.05, 3.63) is 89.6 Å². The maximum absolute atomic E-state index is 13.4. The molecule has 0 bridgehead atoms. The van der Waals surface area contributed by atoms with Crippen molar-refractivity contribution in [1.29, 1.82) is 0 Å². The van der Waals surface area contributed by atoms with Gasteiger partial charge >= 0.3 is 0 Å². The first-order valence-electron chi connectivity index (χ1n) is 11.6. The molecule has 0 aromatic heterocycles. The third-order valence-electron chi connectivity index (χ3n) is 5.53. The lowest BCUT2D eigenvalue weighted by atomic mass is 9.97. The quantitative estimate of drug-likeness (QED) is 0.329. The Hall–Kier alpha value is -3.65. The normalized spacial score (nSPS) is 17.1. The van der Waals surface area contributed by atoms with Crippen molar-refractivity contribution in [2.45, 2.75) is 13.8 Å². The van der Waals surface area contributed by atoms with E-state index in [1.165, 1.54) is 9.80 Å². The molecule has 0 saturated carbocycles. The smallest absolute Gasteiger partial charge is 0.266 e. The van der Waals surface area contributed by atoms with Gasteiger partial charge in [0.2, 0.25) is 0 Å². The molecule has 2 aliphatic heterocycles. The Morgan fingerprint density at radius 1 is 0.800 bits per heavy atom. The second-order valence-electron chi connectivity index (χ2n) is 8.58. The minimum absolute atomic E-state index is 0.126. The van der Waals surface area contributed by atoms with E-state index in [1.54, 1.807) is 0 Å². The Morgan fingerprint density at radius 3 is 1.66 bits per heavy atom. The molecule has 1 aromatic carbocycles. The number of amides is 2. The molecule has 1 fully saturated rings. The van der Waals surface area contributed by atoms with Crippen LogP contribution in [-0.4, -0.2) is 77.8 Å². The van der Waals surface area contributed by atoms with E-state index in [2.05, 4.69) is 4.90 Å². The molecule has 8 heteroatoms. The van der Waals surface area contributed by atoms with Gasteiger partial charge in [-0.2, -0.15) is 0 Å². The number of anilines is 1. The molecule has 0 radical (unpaired) electrons. The van der Waals surface area contributed by atoms with Gasteiger partial charge in [-0.15, -0.1) is 0 Å². The predicted molar refractivity (Wildman–Crippen MR) is 145 cm³/mol. The van der Waals surface area contributed by atoms with Crippen LogP contribution in [0.3, 0.4) is 0 Å². The first kappa shape index (κ1) is 26.0. The van der Waals surface area contributed by atoms with Crippen LogP contribution >= 0.6 is 12.2 Å². The highest BCUT2D eigenvalue weighted by molar-refractivity contribution is 7.80. The molecule has 2 aliphatic rings. The fourth-order valence-corrected chi connectivity index (χ4v) is 4.26. The molecule has 2 amide bonds. The molecule has 0 N–H and O–H groups in total. The van der Waals surface area contributed by atoms with Crippen molar-refractivity contribution in [1.82, 2.24) is 19.6 Å². The molecule has 0 atom stereocenters. The number of thiocarbonyl (C=S) groups is 1. The minimum Gasteiger partial charge on any atom is -0.383 e. The second-order valence-corrected chi connectivity index (χ2v) is 8.94. The zero-order valence-electron chi connectivity index (χ0n) is 21.2. The summed E-state index contributed by atoms with van der Waals surface area (Å²) in [5.74, 6) is -0.732. The van der Waals surface area contributed by atoms with Gasteiger partial charge in [0.1, 0.15) is 5.57 Å². The topological polar surface area (TPSA) is 50.3 Å². The van der Waals surface area contributed by atoms with Gasteiger partial charge in [-0.05, 0) is 68.1 Å². The van der Waals surface area contributed by atoms with E-state index in [4.69, 9.17) is 12.2 Å². The molecule has 0 unspecified atom stereocenters. The monoisotopic (exact) mass is 491 g/mol. The molecular weight excluding hydrogens is 458 g/mol. The molecule has 35 heavy (non-hydrogen) atoms. The number of benzene rings is 1. The molecule has 3 rings (SSSR count). The number of hydrogen-bond donors (Lipinski definition) is 0. The van der Waals surface area contributed by atoms with Crippen molar-refractivity contribution in [3.63, 3.8) is 0 Å². The zero-order valence-corrected chi connectivity index (χ0v) is 22.0. The molecule has 1 aromatic rings. The van der Waals surface area contributed by atoms with Gasteiger partial charge in [0.25, 0.3) is 11.8 Å². The maximum atomic E-state index is 13.4. The fourth-order valence-electron chi connectivity index (χ4n) is 3.84. The fraction of sp³-hybridized carbons (Fsp3) is 0.296. The van der Waals surface area contributed by atoms with Gasteiger partial charge in [0.15, 0.2) is 5.11 Å². The minimum atomic E-state index is -0.366. The summed E-state index contributed by atoms with van der Waals surface area (Å²) in [4.78, 5) is 35.8. The number of para-hydroxylation sites is 1. The summed E-state index contributed by atoms with van der Waals surface area (Å²) in [6, 6.07) is 9.99. The van der Waals surface area contributed by atoms with Crippen LogP contribution in [0.5, 0.6) is 0 Å². The third-order valence-corrected chi connectivity index (χ3v) is 5.97. The lowest BCUT2D eigenvalue weighted by Crippen LogP contribution is -2.56. The van der Waals surface area contributed by atoms with E-state index in [0.29, 0.717) is 18.7 Å². The molecule has 2 heterocycles. The van der Waals surface area contributed by atoms with Crippen LogP contribution in [-0.2, 0) is 9.59 Å². The standard InChI is InChI=1S/C27H33N5O2S/c1-7-30-25(33)24(26(34)31(8-2)27(30)35)20-18-22(14-16-28(3)4)32(21-12-10-9-11-13-21)23(19-20)15-17-29(5)6/h9-19H,7-8H2,1-6H3/b16-14+,17-15+. The van der Waals surface area contributed by atoms with Gasteiger partial charge in [-0.1, -0.05) is 18.2 Å². The van der Waals surface area contributed by atoms with Crippen molar-refractivity contribution in [2.24, 2.45) is 0 Å². The van der Waals surface area contributed by atoms with Gasteiger partial charge in [-0.3, -0.25) is 19.4 Å². The molecule has 184 valence electrons. The summed E-state index contributed by atoms with van der Waals surface area (Å²) < 4.78 is 0. The first-order chi connectivity index (χ1) is 16.7. The van der Waals surface area contributed by atoms with E-state index >= 15 is 0 Å². The van der Waals surface area contributed by atoms with Crippen LogP contribution in [0.15, 0.2) is 89.6 Å². The van der Waals surface area contributed by atoms with Crippen molar-refractivity contribution >= 4 is 34.8 Å². The molecule has 0 spiro atoms. The Balaban J connectivity index is 2.30. The Bertz CT molecular complexity index is 1080. The molecule has 0 aliphatic carbocycles. The summed E-state index contributed by atoms with van der Waals surface area (Å²) in [5, 5.41) is 0.254. The summed E-state index contributed by atoms with van der Waals surface area (Å²) in [7, 11) is 7.79. The second kappa shape index (κ2) is 11.2. The number of carbonyl (C=O) groups excluding carboxylic acids is 2. The number of rotatable bonds is 7. The van der Waals surface area contributed by atoms with Crippen LogP contribution in [0, 0.1) is 0 Å². The number of likely N-dealkylation sites (N-methyl/N-ethyl adjacent to an activating group) is 2. The van der Waals surface area contributed by atoms with E-state index < -0.39 is 0 Å². The van der Waals surface area contributed by atoms with E-state index in [9.17, 15) is 9.59 Å². The lowest BCUT2D eigenvalue weighted by Gasteiger charge is -2.37. The molecule has 1 saturated heterocycles. The van der Waals surface area contributed by atoms with Gasteiger partial charge in [0.05, 0.1) is 0 Å². The lowest BCUT2D eigenvalue weighted by molar-refractivity contribution is -0.133. The summed E-state index contributed by atoms with van der Waals surface area (Å²) in [6.45, 7) is 4.50. The third kappa shape index (κ3) is 5.54. The number of nitrogens with zero attached hydrogens (tertiary/aromatic N) is 5. The van der Waals surface area contributed by atoms with Crippen LogP contribution in [0.1, 0.15) is 13.8 Å². The molecular formula is C27H33N5O2S. The van der Waals surface area contributed by atoms with E-state index in [0.717, 1.165) is 17.1 Å². The van der Waals surface area contributed by atoms with E-state index in [1.807, 2.05) is 119 Å². The summed E-state index contributed by atoms with van der Waals surface area (Å²) >= 11 is 5.44. The summed E-state index contributed by atoms with van der Waals surface area (Å²) in [5.41, 5.74) is 3.31. The largest absolute Gasteiger partial charge is 0.383 e. The van der Waals surface area contributed by atoms with Crippen molar-refractivity contribution in [2.75, 3.05) is 46.2 Å². The van der Waals surface area contributed by atoms with Crippen molar-refractivity contribution < 1.29 is 9.59 Å². The Kier molecular flexibility index (Phi) is 8.30. The Morgan fingerprint density at radius 2 is 1.26 bits per heavy atom.